The third kappa shape index (κ3) is 5.29. The molecule has 2 aromatic carbocycles. The molecule has 29 heavy (non-hydrogen) atoms. The summed E-state index contributed by atoms with van der Waals surface area (Å²) in [6.07, 6.45) is 1.09. The van der Waals surface area contributed by atoms with Crippen LogP contribution < -0.4 is 14.4 Å². The number of nitrogens with one attached hydrogen (secondary N) is 1. The van der Waals surface area contributed by atoms with Gasteiger partial charge < -0.3 is 10.1 Å². The van der Waals surface area contributed by atoms with E-state index in [4.69, 9.17) is 4.74 Å². The highest BCUT2D eigenvalue weighted by atomic mass is 32.2. The maximum Gasteiger partial charge on any atom is 0.244 e. The number of aryl methyl sites for hydroxylation is 3. The molecule has 0 saturated heterocycles. The first-order chi connectivity index (χ1) is 13.5. The van der Waals surface area contributed by atoms with Gasteiger partial charge in [0.05, 0.1) is 25.1 Å². The van der Waals surface area contributed by atoms with Gasteiger partial charge in [0.15, 0.2) is 0 Å². The fraction of sp³-hybridized carbons (Fsp3) is 0.409. The fourth-order valence-electron chi connectivity index (χ4n) is 3.42. The van der Waals surface area contributed by atoms with E-state index < -0.39 is 16.1 Å². The largest absolute Gasteiger partial charge is 0.497 e. The SMILES string of the molecule is COc1cccc(N([C@@H](C)C(=O)N[C@H](C)c2cc(C)c(C)cc2C)S(C)(=O)=O)c1. The fourth-order valence-corrected chi connectivity index (χ4v) is 4.58. The Morgan fingerprint density at radius 3 is 2.24 bits per heavy atom. The number of benzene rings is 2. The van der Waals surface area contributed by atoms with E-state index in [0.29, 0.717) is 11.4 Å². The van der Waals surface area contributed by atoms with Crippen molar-refractivity contribution in [3.8, 4) is 5.75 Å². The van der Waals surface area contributed by atoms with Crippen molar-refractivity contribution in [3.63, 3.8) is 0 Å². The number of anilines is 1. The van der Waals surface area contributed by atoms with E-state index in [2.05, 4.69) is 24.4 Å². The van der Waals surface area contributed by atoms with Crippen LogP contribution in [0, 0.1) is 20.8 Å². The molecule has 0 bridgehead atoms. The van der Waals surface area contributed by atoms with Gasteiger partial charge in [-0.25, -0.2) is 8.42 Å². The Kier molecular flexibility index (Phi) is 6.95. The summed E-state index contributed by atoms with van der Waals surface area (Å²) in [4.78, 5) is 13.0. The van der Waals surface area contributed by atoms with Gasteiger partial charge in [-0.2, -0.15) is 0 Å². The van der Waals surface area contributed by atoms with E-state index in [1.165, 1.54) is 12.7 Å². The molecule has 2 atom stereocenters. The number of nitrogens with zero attached hydrogens (tertiary/aromatic N) is 1. The zero-order valence-electron chi connectivity index (χ0n) is 18.1. The summed E-state index contributed by atoms with van der Waals surface area (Å²) in [5.41, 5.74) is 4.82. The summed E-state index contributed by atoms with van der Waals surface area (Å²) >= 11 is 0. The average molecular weight is 419 g/mol. The van der Waals surface area contributed by atoms with Crippen LogP contribution in [0.15, 0.2) is 36.4 Å². The molecule has 0 aliphatic carbocycles. The Labute approximate surface area is 173 Å². The van der Waals surface area contributed by atoms with Crippen LogP contribution in [0.25, 0.3) is 0 Å². The Morgan fingerprint density at radius 1 is 1.03 bits per heavy atom. The second-order valence-electron chi connectivity index (χ2n) is 7.46. The first-order valence-corrected chi connectivity index (χ1v) is 11.3. The number of ether oxygens (including phenoxy) is 1. The molecular formula is C22H30N2O4S. The molecule has 0 aliphatic rings. The van der Waals surface area contributed by atoms with Crippen LogP contribution in [0.3, 0.4) is 0 Å². The Morgan fingerprint density at radius 2 is 1.66 bits per heavy atom. The number of rotatable bonds is 7. The number of carbonyl (C=O) groups excluding carboxylic acids is 1. The normalized spacial score (nSPS) is 13.5. The predicted octanol–water partition coefficient (Wildman–Crippen LogP) is 3.65. The van der Waals surface area contributed by atoms with Crippen LogP contribution in [-0.2, 0) is 14.8 Å². The second-order valence-corrected chi connectivity index (χ2v) is 9.32. The van der Waals surface area contributed by atoms with Crippen molar-refractivity contribution >= 4 is 21.6 Å². The molecule has 0 heterocycles. The predicted molar refractivity (Wildman–Crippen MR) is 117 cm³/mol. The summed E-state index contributed by atoms with van der Waals surface area (Å²) < 4.78 is 31.3. The Balaban J connectivity index is 2.31. The van der Waals surface area contributed by atoms with Crippen molar-refractivity contribution < 1.29 is 17.9 Å². The first-order valence-electron chi connectivity index (χ1n) is 9.47. The van der Waals surface area contributed by atoms with Crippen molar-refractivity contribution in [2.45, 2.75) is 46.7 Å². The lowest BCUT2D eigenvalue weighted by molar-refractivity contribution is -0.122. The molecule has 1 amide bonds. The lowest BCUT2D eigenvalue weighted by Gasteiger charge is -2.29. The van der Waals surface area contributed by atoms with E-state index >= 15 is 0 Å². The van der Waals surface area contributed by atoms with Gasteiger partial charge in [0.1, 0.15) is 11.8 Å². The molecule has 158 valence electrons. The quantitative estimate of drug-likeness (QED) is 0.745. The molecule has 7 heteroatoms. The smallest absolute Gasteiger partial charge is 0.244 e. The zero-order chi connectivity index (χ0) is 21.9. The molecule has 0 aliphatic heterocycles. The number of carbonyl (C=O) groups is 1. The molecular weight excluding hydrogens is 388 g/mol. The molecule has 1 N–H and O–H groups in total. The van der Waals surface area contributed by atoms with E-state index in [1.54, 1.807) is 31.2 Å². The van der Waals surface area contributed by atoms with Crippen LogP contribution in [0.4, 0.5) is 5.69 Å². The van der Waals surface area contributed by atoms with Crippen LogP contribution in [0.2, 0.25) is 0 Å². The summed E-state index contributed by atoms with van der Waals surface area (Å²) in [6.45, 7) is 9.57. The molecule has 0 spiro atoms. The second kappa shape index (κ2) is 8.86. The molecule has 6 nitrogen and oxygen atoms in total. The molecule has 0 radical (unpaired) electrons. The summed E-state index contributed by atoms with van der Waals surface area (Å²) in [7, 11) is -2.18. The lowest BCUT2D eigenvalue weighted by Crippen LogP contribution is -2.48. The van der Waals surface area contributed by atoms with Gasteiger partial charge in [-0.3, -0.25) is 9.10 Å². The molecule has 0 fully saturated rings. The maximum atomic E-state index is 13.0. The average Bonchev–Trinajstić information content (AvgIpc) is 2.63. The third-order valence-corrected chi connectivity index (χ3v) is 6.35. The van der Waals surface area contributed by atoms with Crippen molar-refractivity contribution in [2.75, 3.05) is 17.7 Å². The third-order valence-electron chi connectivity index (χ3n) is 5.10. The van der Waals surface area contributed by atoms with E-state index in [9.17, 15) is 13.2 Å². The van der Waals surface area contributed by atoms with Gasteiger partial charge in [-0.1, -0.05) is 18.2 Å². The maximum absolute atomic E-state index is 13.0. The Hall–Kier alpha value is -2.54. The van der Waals surface area contributed by atoms with Crippen LogP contribution in [0.1, 0.15) is 42.1 Å². The standard InChI is InChI=1S/C22H30N2O4S/c1-14-11-16(3)21(12-15(14)2)17(4)23-22(25)18(5)24(29(7,26)27)19-9-8-10-20(13-19)28-6/h8-13,17-18H,1-7H3,(H,23,25)/t17-,18+/m1/s1. The highest BCUT2D eigenvalue weighted by molar-refractivity contribution is 7.92. The summed E-state index contributed by atoms with van der Waals surface area (Å²) in [6, 6.07) is 9.64. The number of amides is 1. The van der Waals surface area contributed by atoms with Crippen LogP contribution in [-0.4, -0.2) is 33.7 Å². The summed E-state index contributed by atoms with van der Waals surface area (Å²) in [5.74, 6) is 0.145. The van der Waals surface area contributed by atoms with Crippen molar-refractivity contribution in [2.24, 2.45) is 0 Å². The van der Waals surface area contributed by atoms with Gasteiger partial charge in [0.2, 0.25) is 15.9 Å². The topological polar surface area (TPSA) is 75.7 Å². The van der Waals surface area contributed by atoms with Gasteiger partial charge in [-0.15, -0.1) is 0 Å². The lowest BCUT2D eigenvalue weighted by atomic mass is 9.96. The minimum Gasteiger partial charge on any atom is -0.497 e. The summed E-state index contributed by atoms with van der Waals surface area (Å²) in [5, 5.41) is 2.96. The minimum absolute atomic E-state index is 0.254. The van der Waals surface area contributed by atoms with Crippen molar-refractivity contribution in [1.82, 2.24) is 5.32 Å². The minimum atomic E-state index is -3.69. The monoisotopic (exact) mass is 418 g/mol. The van der Waals surface area contributed by atoms with E-state index in [1.807, 2.05) is 20.8 Å². The molecule has 0 saturated carbocycles. The highest BCUT2D eigenvalue weighted by Gasteiger charge is 2.30. The van der Waals surface area contributed by atoms with Gasteiger partial charge in [-0.05, 0) is 69.0 Å². The van der Waals surface area contributed by atoms with Gasteiger partial charge >= 0.3 is 0 Å². The zero-order valence-corrected chi connectivity index (χ0v) is 18.9. The number of hydrogen-bond donors (Lipinski definition) is 1. The highest BCUT2D eigenvalue weighted by Crippen LogP contribution is 2.26. The number of methoxy groups -OCH3 is 1. The molecule has 2 aromatic rings. The van der Waals surface area contributed by atoms with Gasteiger partial charge in [0, 0.05) is 6.07 Å². The van der Waals surface area contributed by atoms with Gasteiger partial charge in [0.25, 0.3) is 0 Å². The number of sulfonamides is 1. The van der Waals surface area contributed by atoms with E-state index in [-0.39, 0.29) is 11.9 Å². The number of hydrogen-bond acceptors (Lipinski definition) is 4. The molecule has 0 unspecified atom stereocenters. The van der Waals surface area contributed by atoms with Crippen LogP contribution >= 0.6 is 0 Å². The molecule has 2 rings (SSSR count). The van der Waals surface area contributed by atoms with Crippen LogP contribution in [0.5, 0.6) is 5.75 Å². The molecule has 0 aromatic heterocycles. The Bertz CT molecular complexity index is 1000. The first kappa shape index (κ1) is 22.7. The van der Waals surface area contributed by atoms with Crippen molar-refractivity contribution in [1.29, 1.82) is 0 Å². The van der Waals surface area contributed by atoms with E-state index in [0.717, 1.165) is 27.3 Å². The van der Waals surface area contributed by atoms with Crippen molar-refractivity contribution in [3.05, 3.63) is 58.7 Å².